The van der Waals surface area contributed by atoms with E-state index in [1.54, 1.807) is 7.11 Å². The molecule has 0 radical (unpaired) electrons. The molecule has 4 nitrogen and oxygen atoms in total. The van der Waals surface area contributed by atoms with Crippen LogP contribution in [0.2, 0.25) is 18.1 Å². The van der Waals surface area contributed by atoms with Gasteiger partial charge >= 0.3 is 0 Å². The molecule has 0 heterocycles. The van der Waals surface area contributed by atoms with Crippen LogP contribution in [0.1, 0.15) is 63.6 Å². The second-order valence-corrected chi connectivity index (χ2v) is 15.2. The van der Waals surface area contributed by atoms with Crippen LogP contribution >= 0.6 is 0 Å². The van der Waals surface area contributed by atoms with E-state index < -0.39 is 8.32 Å². The number of benzene rings is 2. The molecule has 0 aromatic heterocycles. The smallest absolute Gasteiger partial charge is 0.222 e. The molecule has 0 spiro atoms. The van der Waals surface area contributed by atoms with E-state index in [1.807, 2.05) is 19.1 Å². The van der Waals surface area contributed by atoms with Crippen LogP contribution in [0.3, 0.4) is 0 Å². The molecule has 0 bridgehead atoms. The van der Waals surface area contributed by atoms with E-state index in [1.165, 1.54) is 11.1 Å². The van der Waals surface area contributed by atoms with Crippen LogP contribution < -0.4 is 10.1 Å². The summed E-state index contributed by atoms with van der Waals surface area (Å²) in [7, 11) is -0.239. The van der Waals surface area contributed by atoms with Crippen LogP contribution in [-0.2, 0) is 9.22 Å². The lowest BCUT2D eigenvalue weighted by Crippen LogP contribution is -2.45. The topological polar surface area (TPSA) is 47.6 Å². The fourth-order valence-electron chi connectivity index (χ4n) is 3.73. The average Bonchev–Trinajstić information content (AvgIpc) is 2.68. The van der Waals surface area contributed by atoms with E-state index in [0.717, 1.165) is 11.3 Å². The zero-order chi connectivity index (χ0) is 24.1. The standard InChI is InChI=1S/C27H41NO3Si/c1-19-10-12-22(13-11-19)26(23-14-16-24(30-7)17-15-23)21(3)28-25(29)18-20(2)31-32(8,9)27(4,5)6/h10-17,20-21,26H,18H2,1-9H3,(H,28,29)/t20-,21+,26+/m0/s1. The van der Waals surface area contributed by atoms with Gasteiger partial charge in [0, 0.05) is 12.0 Å². The Labute approximate surface area is 195 Å². The number of carbonyl (C=O) groups is 1. The monoisotopic (exact) mass is 455 g/mol. The van der Waals surface area contributed by atoms with Crippen molar-refractivity contribution in [3.63, 3.8) is 0 Å². The van der Waals surface area contributed by atoms with Gasteiger partial charge in [-0.1, -0.05) is 62.7 Å². The van der Waals surface area contributed by atoms with E-state index in [9.17, 15) is 4.79 Å². The van der Waals surface area contributed by atoms with Gasteiger partial charge in [0.25, 0.3) is 0 Å². The fraction of sp³-hybridized carbons (Fsp3) is 0.519. The molecule has 0 aliphatic rings. The molecule has 2 aromatic carbocycles. The van der Waals surface area contributed by atoms with Gasteiger partial charge in [-0.15, -0.1) is 0 Å². The Morgan fingerprint density at radius 3 is 1.94 bits per heavy atom. The van der Waals surface area contributed by atoms with Gasteiger partial charge in [0.05, 0.1) is 19.6 Å². The number of carbonyl (C=O) groups excluding carboxylic acids is 1. The first-order valence-electron chi connectivity index (χ1n) is 11.5. The summed E-state index contributed by atoms with van der Waals surface area (Å²) in [6.45, 7) is 17.3. The number of methoxy groups -OCH3 is 1. The van der Waals surface area contributed by atoms with Crippen LogP contribution in [0, 0.1) is 6.92 Å². The Kier molecular flexibility index (Phi) is 8.72. The van der Waals surface area contributed by atoms with Crippen molar-refractivity contribution < 1.29 is 14.0 Å². The summed E-state index contributed by atoms with van der Waals surface area (Å²) in [5.74, 6) is 0.890. The molecule has 5 heteroatoms. The first-order valence-corrected chi connectivity index (χ1v) is 14.4. The molecule has 3 atom stereocenters. The van der Waals surface area contributed by atoms with Gasteiger partial charge in [-0.05, 0) is 62.2 Å². The van der Waals surface area contributed by atoms with Gasteiger partial charge < -0.3 is 14.5 Å². The third-order valence-corrected chi connectivity index (χ3v) is 11.2. The molecule has 1 N–H and O–H groups in total. The van der Waals surface area contributed by atoms with Gasteiger partial charge in [-0.2, -0.15) is 0 Å². The predicted octanol–water partition coefficient (Wildman–Crippen LogP) is 6.44. The molecule has 0 unspecified atom stereocenters. The zero-order valence-electron chi connectivity index (χ0n) is 21.3. The Morgan fingerprint density at radius 1 is 0.969 bits per heavy atom. The van der Waals surface area contributed by atoms with E-state index in [4.69, 9.17) is 9.16 Å². The number of aryl methyl sites for hydroxylation is 1. The lowest BCUT2D eigenvalue weighted by Gasteiger charge is -2.38. The number of rotatable bonds is 9. The molecule has 32 heavy (non-hydrogen) atoms. The highest BCUT2D eigenvalue weighted by molar-refractivity contribution is 6.74. The highest BCUT2D eigenvalue weighted by Gasteiger charge is 2.38. The molecule has 0 aliphatic carbocycles. The van der Waals surface area contributed by atoms with Gasteiger partial charge in [0.15, 0.2) is 8.32 Å². The number of hydrogen-bond donors (Lipinski definition) is 1. The maximum Gasteiger partial charge on any atom is 0.222 e. The molecule has 2 aromatic rings. The number of nitrogens with one attached hydrogen (secondary N) is 1. The lowest BCUT2D eigenvalue weighted by molar-refractivity contribution is -0.123. The van der Waals surface area contributed by atoms with Crippen LogP contribution in [0.15, 0.2) is 48.5 Å². The van der Waals surface area contributed by atoms with Crippen LogP contribution in [-0.4, -0.2) is 33.5 Å². The molecule has 176 valence electrons. The van der Waals surface area contributed by atoms with Gasteiger partial charge in [-0.25, -0.2) is 0 Å². The average molecular weight is 456 g/mol. The van der Waals surface area contributed by atoms with Crippen LogP contribution in [0.4, 0.5) is 0 Å². The van der Waals surface area contributed by atoms with E-state index in [-0.39, 0.29) is 29.0 Å². The SMILES string of the molecule is COc1ccc([C@@H](c2ccc(C)cc2)[C@@H](C)NC(=O)C[C@H](C)O[Si](C)(C)C(C)(C)C)cc1. The molecule has 0 saturated carbocycles. The zero-order valence-corrected chi connectivity index (χ0v) is 22.3. The molecule has 2 rings (SSSR count). The Balaban J connectivity index is 2.16. The summed E-state index contributed by atoms with van der Waals surface area (Å²) >= 11 is 0. The van der Waals surface area contributed by atoms with Crippen molar-refractivity contribution in [2.24, 2.45) is 0 Å². The summed E-state index contributed by atoms with van der Waals surface area (Å²) in [5.41, 5.74) is 3.54. The summed E-state index contributed by atoms with van der Waals surface area (Å²) in [6, 6.07) is 16.6. The summed E-state index contributed by atoms with van der Waals surface area (Å²) in [4.78, 5) is 12.9. The molecular weight excluding hydrogens is 414 g/mol. The summed E-state index contributed by atoms with van der Waals surface area (Å²) < 4.78 is 11.7. The molecule has 0 aliphatic heterocycles. The van der Waals surface area contributed by atoms with Crippen molar-refractivity contribution in [2.45, 2.75) is 84.2 Å². The Bertz CT molecular complexity index is 869. The van der Waals surface area contributed by atoms with Gasteiger partial charge in [-0.3, -0.25) is 4.79 Å². The Hall–Kier alpha value is -2.11. The first kappa shape index (κ1) is 26.1. The number of hydrogen-bond acceptors (Lipinski definition) is 3. The van der Waals surface area contributed by atoms with E-state index >= 15 is 0 Å². The molecule has 0 saturated heterocycles. The largest absolute Gasteiger partial charge is 0.497 e. The molecular formula is C27H41NO3Si. The second kappa shape index (κ2) is 10.7. The van der Waals surface area contributed by atoms with Crippen molar-refractivity contribution in [3.8, 4) is 5.75 Å². The second-order valence-electron chi connectivity index (χ2n) is 10.4. The van der Waals surface area contributed by atoms with Crippen molar-refractivity contribution in [2.75, 3.05) is 7.11 Å². The number of amides is 1. The van der Waals surface area contributed by atoms with E-state index in [2.05, 4.69) is 89.4 Å². The highest BCUT2D eigenvalue weighted by atomic mass is 28.4. The van der Waals surface area contributed by atoms with Crippen molar-refractivity contribution in [3.05, 3.63) is 65.2 Å². The maximum absolute atomic E-state index is 12.9. The Morgan fingerprint density at radius 2 is 1.47 bits per heavy atom. The van der Waals surface area contributed by atoms with Gasteiger partial charge in [0.2, 0.25) is 5.91 Å². The van der Waals surface area contributed by atoms with Crippen molar-refractivity contribution >= 4 is 14.2 Å². The van der Waals surface area contributed by atoms with Crippen molar-refractivity contribution in [1.29, 1.82) is 0 Å². The molecule has 1 amide bonds. The van der Waals surface area contributed by atoms with Gasteiger partial charge in [0.1, 0.15) is 5.75 Å². The minimum atomic E-state index is -1.91. The minimum absolute atomic E-state index is 0.0225. The normalized spacial score (nSPS) is 15.0. The van der Waals surface area contributed by atoms with Crippen LogP contribution in [0.5, 0.6) is 5.75 Å². The third kappa shape index (κ3) is 6.94. The maximum atomic E-state index is 12.9. The van der Waals surface area contributed by atoms with Crippen molar-refractivity contribution in [1.82, 2.24) is 5.32 Å². The summed E-state index contributed by atoms with van der Waals surface area (Å²) in [5, 5.41) is 3.36. The third-order valence-electron chi connectivity index (χ3n) is 6.57. The van der Waals surface area contributed by atoms with Crippen LogP contribution in [0.25, 0.3) is 0 Å². The predicted molar refractivity (Wildman–Crippen MR) is 136 cm³/mol. The lowest BCUT2D eigenvalue weighted by atomic mass is 9.85. The van der Waals surface area contributed by atoms with E-state index in [0.29, 0.717) is 6.42 Å². The highest BCUT2D eigenvalue weighted by Crippen LogP contribution is 2.37. The first-order chi connectivity index (χ1) is 14.8. The molecule has 0 fully saturated rings. The quantitative estimate of drug-likeness (QED) is 0.443. The fourth-order valence-corrected chi connectivity index (χ4v) is 5.18. The minimum Gasteiger partial charge on any atom is -0.497 e. The number of ether oxygens (including phenoxy) is 1. The summed E-state index contributed by atoms with van der Waals surface area (Å²) in [6.07, 6.45) is 0.252.